The number of nitrogens with one attached hydrogen (secondary N) is 20. The first-order valence-corrected chi connectivity index (χ1v) is 48.5. The van der Waals surface area contributed by atoms with Crippen LogP contribution in [0.15, 0.2) is 116 Å². The van der Waals surface area contributed by atoms with Crippen molar-refractivity contribution >= 4 is 165 Å². The van der Waals surface area contributed by atoms with Crippen LogP contribution in [-0.2, 0) is 122 Å². The van der Waals surface area contributed by atoms with Crippen LogP contribution < -0.4 is 101 Å². The summed E-state index contributed by atoms with van der Waals surface area (Å²) < 4.78 is 0. The van der Waals surface area contributed by atoms with E-state index in [1.165, 1.54) is 30.5 Å². The lowest BCUT2D eigenvalue weighted by atomic mass is 9.96. The highest BCUT2D eigenvalue weighted by atomic mass is 32.1. The van der Waals surface area contributed by atoms with Crippen LogP contribution in [0.25, 0.3) is 21.8 Å². The van der Waals surface area contributed by atoms with Crippen LogP contribution in [0.3, 0.4) is 0 Å². The molecule has 53 heteroatoms. The van der Waals surface area contributed by atoms with Crippen LogP contribution in [0.2, 0.25) is 0 Å². The number of hydrogen-bond donors (Lipinski definition) is 33. The lowest BCUT2D eigenvalue weighted by Gasteiger charge is -2.28. The maximum atomic E-state index is 15.2. The Labute approximate surface area is 860 Å². The van der Waals surface area contributed by atoms with Gasteiger partial charge in [0.25, 0.3) is 0 Å². The van der Waals surface area contributed by atoms with Crippen molar-refractivity contribution in [2.75, 3.05) is 57.8 Å². The Kier molecular flexibility index (Phi) is 50.0. The van der Waals surface area contributed by atoms with Crippen LogP contribution in [0.5, 0.6) is 5.75 Å². The highest BCUT2D eigenvalue weighted by Gasteiger charge is 2.41. The molecule has 148 heavy (non-hydrogen) atoms. The van der Waals surface area contributed by atoms with Crippen molar-refractivity contribution in [2.45, 2.75) is 222 Å². The fourth-order valence-electron chi connectivity index (χ4n) is 14.9. The average Bonchev–Trinajstić information content (AvgIpc) is 1.67. The molecule has 0 aliphatic carbocycles. The molecule has 2 aromatic heterocycles. The number of thiol groups is 2. The standard InChI is InChI=1S/C95H133N21O30S2/c1-9-47(6)76(94(144)113-72(42-123)95(145)146)116-86(136)61(28-46(4)5)101-77(127)48(7)99-80(130)66(33-75(125)126)107-89(139)70(40-121)110-91(141)71(41-122)111-90(140)68(38-119)108-78(128)49(8)100-87(137)67(37-118)112-93(143)74(44-148)115-81(131)60(27-45(2)3)102-84(134)65(32-53-35-98-59-22-16-14-20-56(53)59)106-88(138)69(39-120)109-83(133)63(30-51-23-25-54(124)26-24-51)103-85(135)64(31-52-34-97-58-21-15-13-19-55(52)58)105-82(132)62(29-50-17-11-10-12-18-50)104-92(142)73(43-147)114-79(129)57(96)36-117/h10-26,34-35,45-49,57,60-74,76,97-98,117-124,147-148H,9,27-33,36-44,96H2,1-8H3,(H,99,130)(H,100,137)(H,101,127)(H,102,134)(H,103,135)(H,104,142)(H,105,132)(H,106,138)(H,107,139)(H,108,128)(H,109,133)(H,110,141)(H,111,140)(H,112,143)(H,113,144)(H,114,129)(H,115,131)(H,116,136)(H,125,126)(H,145,146)/t47-,48-,49-,57-,60-,61-,62-,63-,64-,65-,66-,67-,68-,69-,70-,71-,72-,73-,74-,76-/m0/s1. The second-order valence-electron chi connectivity index (χ2n) is 35.9. The van der Waals surface area contributed by atoms with E-state index in [0.29, 0.717) is 44.1 Å². The van der Waals surface area contributed by atoms with E-state index in [9.17, 15) is 133 Å². The van der Waals surface area contributed by atoms with Crippen LogP contribution in [-0.4, -0.2) is 352 Å². The molecule has 0 fully saturated rings. The molecule has 6 rings (SSSR count). The summed E-state index contributed by atoms with van der Waals surface area (Å²) in [5, 5.41) is 144. The molecule has 0 radical (unpaired) electrons. The summed E-state index contributed by atoms with van der Waals surface area (Å²) in [5.74, 6) is -26.1. The van der Waals surface area contributed by atoms with Crippen molar-refractivity contribution in [1.82, 2.24) is 106 Å². The largest absolute Gasteiger partial charge is 0.508 e. The number of aromatic amines is 2. The first-order valence-electron chi connectivity index (χ1n) is 47.3. The quantitative estimate of drug-likeness (QED) is 0.0158. The number of aliphatic hydroxyl groups excluding tert-OH is 7. The number of carbonyl (C=O) groups excluding carboxylic acids is 18. The van der Waals surface area contributed by atoms with E-state index in [4.69, 9.17) is 5.73 Å². The zero-order valence-corrected chi connectivity index (χ0v) is 84.1. The summed E-state index contributed by atoms with van der Waals surface area (Å²) in [6.45, 7) is 4.11. The Hall–Kier alpha value is -14.5. The van der Waals surface area contributed by atoms with E-state index in [-0.39, 0.29) is 55.9 Å². The number of carboxylic acids is 2. The van der Waals surface area contributed by atoms with Gasteiger partial charge in [0, 0.05) is 71.4 Å². The maximum Gasteiger partial charge on any atom is 0.328 e. The Morgan fingerprint density at radius 1 is 0.304 bits per heavy atom. The van der Waals surface area contributed by atoms with E-state index in [1.54, 1.807) is 127 Å². The first-order chi connectivity index (χ1) is 70.2. The maximum absolute atomic E-state index is 15.2. The number of aromatic nitrogens is 2. The molecule has 0 saturated carbocycles. The van der Waals surface area contributed by atoms with E-state index in [0.717, 1.165) is 13.8 Å². The fraction of sp³-hybridized carbons (Fsp3) is 0.495. The van der Waals surface area contributed by atoms with Gasteiger partial charge in [-0.1, -0.05) is 127 Å². The molecule has 6 aromatic rings. The molecule has 4 aromatic carbocycles. The first kappa shape index (κ1) is 122. The minimum atomic E-state index is -2.10. The second-order valence-corrected chi connectivity index (χ2v) is 36.6. The number of hydrogen-bond acceptors (Lipinski definition) is 31. The van der Waals surface area contributed by atoms with Crippen LogP contribution in [0.4, 0.5) is 0 Å². The van der Waals surface area contributed by atoms with E-state index >= 15 is 14.4 Å². The predicted octanol–water partition coefficient (Wildman–Crippen LogP) is -8.78. The molecule has 0 aliphatic heterocycles. The minimum Gasteiger partial charge on any atom is -0.508 e. The molecule has 0 bridgehead atoms. The van der Waals surface area contributed by atoms with Crippen molar-refractivity contribution in [2.24, 2.45) is 23.5 Å². The number of amides is 18. The summed E-state index contributed by atoms with van der Waals surface area (Å²) in [5.41, 5.74) is 8.71. The number of para-hydroxylation sites is 2. The average molecular weight is 2110 g/mol. The van der Waals surface area contributed by atoms with E-state index in [2.05, 4.69) is 115 Å². The van der Waals surface area contributed by atoms with Crippen molar-refractivity contribution in [3.8, 4) is 5.75 Å². The third kappa shape index (κ3) is 37.8. The van der Waals surface area contributed by atoms with Crippen molar-refractivity contribution in [3.63, 3.8) is 0 Å². The molecule has 0 aliphatic rings. The molecule has 810 valence electrons. The van der Waals surface area contributed by atoms with Gasteiger partial charge < -0.3 is 162 Å². The molecule has 2 heterocycles. The minimum absolute atomic E-state index is 0.0667. The highest BCUT2D eigenvalue weighted by molar-refractivity contribution is 7.80. The third-order valence-corrected chi connectivity index (χ3v) is 24.1. The van der Waals surface area contributed by atoms with Gasteiger partial charge in [-0.25, -0.2) is 4.79 Å². The van der Waals surface area contributed by atoms with Gasteiger partial charge in [0.1, 0.15) is 121 Å². The number of aliphatic hydroxyl groups is 7. The summed E-state index contributed by atoms with van der Waals surface area (Å²) >= 11 is 8.47. The van der Waals surface area contributed by atoms with Gasteiger partial charge in [-0.15, -0.1) is 0 Å². The molecule has 18 amide bonds. The van der Waals surface area contributed by atoms with Gasteiger partial charge in [-0.2, -0.15) is 25.3 Å². The molecule has 20 atom stereocenters. The van der Waals surface area contributed by atoms with Gasteiger partial charge in [0.15, 0.2) is 0 Å². The van der Waals surface area contributed by atoms with Crippen LogP contribution >= 0.6 is 25.3 Å². The number of fused-ring (bicyclic) bond motifs is 2. The Morgan fingerprint density at radius 2 is 0.588 bits per heavy atom. The number of aromatic hydroxyl groups is 1. The highest BCUT2D eigenvalue weighted by Crippen LogP contribution is 2.24. The van der Waals surface area contributed by atoms with E-state index in [1.807, 2.05) is 16.0 Å². The predicted molar refractivity (Wildman–Crippen MR) is 536 cm³/mol. The number of rotatable bonds is 62. The Morgan fingerprint density at radius 3 is 0.946 bits per heavy atom. The molecule has 0 spiro atoms. The van der Waals surface area contributed by atoms with Gasteiger partial charge in [0.05, 0.1) is 52.7 Å². The molecular weight excluding hydrogens is 1980 g/mol. The number of aliphatic carboxylic acids is 2. The van der Waals surface area contributed by atoms with Crippen LogP contribution in [0.1, 0.15) is 103 Å². The van der Waals surface area contributed by atoms with Gasteiger partial charge in [-0.3, -0.25) is 91.1 Å². The summed E-state index contributed by atoms with van der Waals surface area (Å²) in [6.07, 6.45) is 0.780. The van der Waals surface area contributed by atoms with Gasteiger partial charge in [-0.05, 0) is 91.0 Å². The Bertz CT molecular complexity index is 5580. The molecule has 0 unspecified atom stereocenters. The molecule has 51 nitrogen and oxygen atoms in total. The van der Waals surface area contributed by atoms with Crippen LogP contribution in [0, 0.1) is 17.8 Å². The van der Waals surface area contributed by atoms with Crippen molar-refractivity contribution in [3.05, 3.63) is 138 Å². The normalized spacial score (nSPS) is 15.4. The molecule has 32 N–H and O–H groups in total. The number of phenolic OH excluding ortho intramolecular Hbond substituents is 1. The summed E-state index contributed by atoms with van der Waals surface area (Å²) in [4.78, 5) is 282. The summed E-state index contributed by atoms with van der Waals surface area (Å²) in [6, 6.07) is -4.98. The number of nitrogens with two attached hydrogens (primary N) is 1. The van der Waals surface area contributed by atoms with E-state index < -0.39 is 310 Å². The second kappa shape index (κ2) is 60.6. The summed E-state index contributed by atoms with van der Waals surface area (Å²) in [7, 11) is 0. The zero-order valence-electron chi connectivity index (χ0n) is 82.3. The molecule has 0 saturated heterocycles. The number of carbonyl (C=O) groups is 20. The molecular formula is C95H133N21O30S2. The fourth-order valence-corrected chi connectivity index (χ4v) is 15.4. The SMILES string of the molecule is CC[C@H](C)[C@H](NC(=O)[C@H](CC(C)C)NC(=O)[C@H](C)NC(=O)[C@H](CC(=O)O)NC(=O)[C@H](CO)NC(=O)[C@H](CO)NC(=O)[C@H](CO)NC(=O)[C@H](C)NC(=O)[C@H](CO)NC(=O)[C@H](CS)NC(=O)[C@H](CC(C)C)NC(=O)[C@H](Cc1c[nH]c2ccccc12)NC(=O)[C@H](CO)NC(=O)[C@H](Cc1ccc(O)cc1)NC(=O)[C@H](Cc1c[nH]c2ccccc12)NC(=O)[C@H](Cc1ccccc1)NC(=O)[C@H](CS)NC(=O)[C@@H](N)CO)C(=O)N[C@@H](CO)C(=O)O. The lowest BCUT2D eigenvalue weighted by molar-refractivity contribution is -0.144. The topological polar surface area (TPSA) is 818 Å². The third-order valence-electron chi connectivity index (χ3n) is 23.4. The number of benzene rings is 4. The van der Waals surface area contributed by atoms with Crippen molar-refractivity contribution in [1.29, 1.82) is 0 Å². The monoisotopic (exact) mass is 2110 g/mol. The number of H-pyrrole nitrogens is 2. The van der Waals surface area contributed by atoms with Gasteiger partial charge >= 0.3 is 11.9 Å². The Balaban J connectivity index is 1.12. The number of carboxylic acid groups (broad SMARTS) is 2. The van der Waals surface area contributed by atoms with Crippen molar-refractivity contribution < 1.29 is 147 Å². The number of phenols is 1. The smallest absolute Gasteiger partial charge is 0.328 e. The zero-order chi connectivity index (χ0) is 110. The lowest BCUT2D eigenvalue weighted by Crippen LogP contribution is -2.62. The van der Waals surface area contributed by atoms with Gasteiger partial charge in [0.2, 0.25) is 106 Å².